The molecular formula is C19H22N2O3. The van der Waals surface area contributed by atoms with Gasteiger partial charge in [0.05, 0.1) is 12.2 Å². The predicted octanol–water partition coefficient (Wildman–Crippen LogP) is 2.79. The fourth-order valence-corrected chi connectivity index (χ4v) is 2.64. The van der Waals surface area contributed by atoms with Crippen LogP contribution in [-0.4, -0.2) is 42.7 Å². The lowest BCUT2D eigenvalue weighted by Crippen LogP contribution is -2.48. The minimum atomic E-state index is -0.258. The quantitative estimate of drug-likeness (QED) is 0.474. The smallest absolute Gasteiger partial charge is 0.264 e. The van der Waals surface area contributed by atoms with E-state index in [1.54, 1.807) is 29.2 Å². The Balaban J connectivity index is 2.12. The van der Waals surface area contributed by atoms with Gasteiger partial charge in [0.15, 0.2) is 0 Å². The molecule has 1 heterocycles. The first-order chi connectivity index (χ1) is 11.5. The molecule has 24 heavy (non-hydrogen) atoms. The summed E-state index contributed by atoms with van der Waals surface area (Å²) < 4.78 is 11.0. The largest absolute Gasteiger partial charge is 0.490 e. The number of hydrogen-bond acceptors (Lipinski definition) is 4. The molecule has 1 saturated heterocycles. The Morgan fingerprint density at radius 3 is 2.54 bits per heavy atom. The normalized spacial score (nSPS) is 21.0. The van der Waals surface area contributed by atoms with Crippen molar-refractivity contribution < 1.29 is 14.3 Å². The van der Waals surface area contributed by atoms with Gasteiger partial charge in [-0.1, -0.05) is 24.8 Å². The van der Waals surface area contributed by atoms with E-state index in [0.717, 1.165) is 5.56 Å². The van der Waals surface area contributed by atoms with E-state index < -0.39 is 0 Å². The maximum absolute atomic E-state index is 12.6. The Morgan fingerprint density at radius 1 is 1.38 bits per heavy atom. The Labute approximate surface area is 142 Å². The number of nitriles is 1. The molecule has 0 spiro atoms. The molecule has 0 aliphatic carbocycles. The van der Waals surface area contributed by atoms with Crippen molar-refractivity contribution in [1.29, 1.82) is 5.26 Å². The van der Waals surface area contributed by atoms with Gasteiger partial charge in [0.2, 0.25) is 0 Å². The SMILES string of the molecule is C=CCOc1ccc(C=C(C#N)C(=O)N2CC(C)OC(C)C2)cc1. The Morgan fingerprint density at radius 2 is 2.00 bits per heavy atom. The zero-order chi connectivity index (χ0) is 17.5. The van der Waals surface area contributed by atoms with Gasteiger partial charge in [0.25, 0.3) is 5.91 Å². The number of benzene rings is 1. The second-order valence-corrected chi connectivity index (χ2v) is 5.81. The van der Waals surface area contributed by atoms with Crippen molar-refractivity contribution in [3.05, 3.63) is 48.1 Å². The van der Waals surface area contributed by atoms with Crippen LogP contribution in [0.2, 0.25) is 0 Å². The molecule has 1 fully saturated rings. The number of ether oxygens (including phenoxy) is 2. The first-order valence-electron chi connectivity index (χ1n) is 7.93. The molecule has 1 amide bonds. The van der Waals surface area contributed by atoms with Crippen molar-refractivity contribution in [2.24, 2.45) is 0 Å². The molecular weight excluding hydrogens is 304 g/mol. The van der Waals surface area contributed by atoms with E-state index in [9.17, 15) is 10.1 Å². The third-order valence-electron chi connectivity index (χ3n) is 3.62. The molecule has 5 heteroatoms. The zero-order valence-electron chi connectivity index (χ0n) is 14.1. The molecule has 0 aromatic heterocycles. The lowest BCUT2D eigenvalue weighted by atomic mass is 10.1. The minimum Gasteiger partial charge on any atom is -0.490 e. The van der Waals surface area contributed by atoms with Gasteiger partial charge in [-0.2, -0.15) is 5.26 Å². The first-order valence-corrected chi connectivity index (χ1v) is 7.93. The molecule has 2 unspecified atom stereocenters. The predicted molar refractivity (Wildman–Crippen MR) is 92.3 cm³/mol. The van der Waals surface area contributed by atoms with Crippen LogP contribution in [0.4, 0.5) is 0 Å². The van der Waals surface area contributed by atoms with Crippen LogP contribution in [0, 0.1) is 11.3 Å². The van der Waals surface area contributed by atoms with Crippen LogP contribution in [-0.2, 0) is 9.53 Å². The van der Waals surface area contributed by atoms with Crippen LogP contribution in [0.15, 0.2) is 42.5 Å². The van der Waals surface area contributed by atoms with E-state index in [1.165, 1.54) is 0 Å². The second-order valence-electron chi connectivity index (χ2n) is 5.81. The van der Waals surface area contributed by atoms with Crippen molar-refractivity contribution in [2.45, 2.75) is 26.1 Å². The van der Waals surface area contributed by atoms with Crippen LogP contribution in [0.1, 0.15) is 19.4 Å². The van der Waals surface area contributed by atoms with Gasteiger partial charge in [-0.05, 0) is 37.6 Å². The average Bonchev–Trinajstić information content (AvgIpc) is 2.57. The number of carbonyl (C=O) groups is 1. The highest BCUT2D eigenvalue weighted by molar-refractivity contribution is 6.01. The fraction of sp³-hybridized carbons (Fsp3) is 0.368. The Bertz CT molecular complexity index is 648. The first kappa shape index (κ1) is 17.8. The molecule has 0 saturated carbocycles. The van der Waals surface area contributed by atoms with E-state index >= 15 is 0 Å². The van der Waals surface area contributed by atoms with Gasteiger partial charge in [0.1, 0.15) is 24.0 Å². The summed E-state index contributed by atoms with van der Waals surface area (Å²) in [6, 6.07) is 9.24. The molecule has 1 aliphatic heterocycles. The zero-order valence-corrected chi connectivity index (χ0v) is 14.1. The van der Waals surface area contributed by atoms with Crippen LogP contribution in [0.25, 0.3) is 6.08 Å². The highest BCUT2D eigenvalue weighted by Crippen LogP contribution is 2.17. The summed E-state index contributed by atoms with van der Waals surface area (Å²) in [5, 5.41) is 9.36. The summed E-state index contributed by atoms with van der Waals surface area (Å²) in [5.41, 5.74) is 0.899. The molecule has 0 N–H and O–H groups in total. The highest BCUT2D eigenvalue weighted by atomic mass is 16.5. The summed E-state index contributed by atoms with van der Waals surface area (Å²) in [6.45, 7) is 8.87. The number of amides is 1. The molecule has 1 aliphatic rings. The van der Waals surface area contributed by atoms with E-state index in [0.29, 0.717) is 25.4 Å². The lowest BCUT2D eigenvalue weighted by molar-refractivity contribution is -0.138. The summed E-state index contributed by atoms with van der Waals surface area (Å²) in [4.78, 5) is 14.3. The van der Waals surface area contributed by atoms with Crippen molar-refractivity contribution in [1.82, 2.24) is 4.90 Å². The highest BCUT2D eigenvalue weighted by Gasteiger charge is 2.27. The molecule has 0 radical (unpaired) electrons. The number of nitrogens with zero attached hydrogens (tertiary/aromatic N) is 2. The van der Waals surface area contributed by atoms with Crippen LogP contribution in [0.3, 0.4) is 0 Å². The number of morpholine rings is 1. The standard InChI is InChI=1S/C19H22N2O3/c1-4-9-23-18-7-5-16(6-8-18)10-17(11-20)19(22)21-12-14(2)24-15(3)13-21/h4-8,10,14-15H,1,9,12-13H2,2-3H3. The van der Waals surface area contributed by atoms with Gasteiger partial charge < -0.3 is 14.4 Å². The van der Waals surface area contributed by atoms with Crippen LogP contribution >= 0.6 is 0 Å². The average molecular weight is 326 g/mol. The van der Waals surface area contributed by atoms with Crippen molar-refractivity contribution in [2.75, 3.05) is 19.7 Å². The third-order valence-corrected chi connectivity index (χ3v) is 3.62. The molecule has 2 atom stereocenters. The topological polar surface area (TPSA) is 62.6 Å². The third kappa shape index (κ3) is 4.71. The monoisotopic (exact) mass is 326 g/mol. The molecule has 126 valence electrons. The lowest BCUT2D eigenvalue weighted by Gasteiger charge is -2.35. The van der Waals surface area contributed by atoms with Crippen molar-refractivity contribution in [3.8, 4) is 11.8 Å². The summed E-state index contributed by atoms with van der Waals surface area (Å²) >= 11 is 0. The Kier molecular flexibility index (Phi) is 6.16. The van der Waals surface area contributed by atoms with Gasteiger partial charge in [0, 0.05) is 13.1 Å². The summed E-state index contributed by atoms with van der Waals surface area (Å²) in [5.74, 6) is 0.458. The van der Waals surface area contributed by atoms with Gasteiger partial charge in [-0.15, -0.1) is 0 Å². The van der Waals surface area contributed by atoms with E-state index in [-0.39, 0.29) is 23.7 Å². The van der Waals surface area contributed by atoms with Gasteiger partial charge >= 0.3 is 0 Å². The second kappa shape index (κ2) is 8.32. The number of rotatable bonds is 5. The maximum atomic E-state index is 12.6. The number of hydrogen-bond donors (Lipinski definition) is 0. The molecule has 1 aromatic rings. The van der Waals surface area contributed by atoms with Gasteiger partial charge in [-0.3, -0.25) is 4.79 Å². The molecule has 5 nitrogen and oxygen atoms in total. The molecule has 1 aromatic carbocycles. The number of carbonyl (C=O) groups excluding carboxylic acids is 1. The summed E-state index contributed by atoms with van der Waals surface area (Å²) in [7, 11) is 0. The van der Waals surface area contributed by atoms with Crippen molar-refractivity contribution in [3.63, 3.8) is 0 Å². The van der Waals surface area contributed by atoms with Crippen molar-refractivity contribution >= 4 is 12.0 Å². The van der Waals surface area contributed by atoms with Crippen LogP contribution < -0.4 is 4.74 Å². The van der Waals surface area contributed by atoms with E-state index in [1.807, 2.05) is 32.0 Å². The van der Waals surface area contributed by atoms with E-state index in [4.69, 9.17) is 9.47 Å². The minimum absolute atomic E-state index is 0.0288. The van der Waals surface area contributed by atoms with E-state index in [2.05, 4.69) is 6.58 Å². The van der Waals surface area contributed by atoms with Gasteiger partial charge in [-0.25, -0.2) is 0 Å². The van der Waals surface area contributed by atoms with Crippen LogP contribution in [0.5, 0.6) is 5.75 Å². The Hall–Kier alpha value is -2.58. The maximum Gasteiger partial charge on any atom is 0.264 e. The molecule has 0 bridgehead atoms. The molecule has 2 rings (SSSR count). The fourth-order valence-electron chi connectivity index (χ4n) is 2.64. The summed E-state index contributed by atoms with van der Waals surface area (Å²) in [6.07, 6.45) is 3.22.